The first kappa shape index (κ1) is 84.1. The van der Waals surface area contributed by atoms with E-state index < -0.39 is 97.5 Å². The van der Waals surface area contributed by atoms with Gasteiger partial charge in [-0.05, 0) is 37.5 Å². The van der Waals surface area contributed by atoms with Crippen LogP contribution < -0.4 is 0 Å². The summed E-state index contributed by atoms with van der Waals surface area (Å²) in [5.74, 6) is -0.722. The molecule has 0 aliphatic carbocycles. The topological polar surface area (TPSA) is 237 Å². The molecule has 0 spiro atoms. The minimum absolute atomic E-state index is 0.102. The summed E-state index contributed by atoms with van der Waals surface area (Å²) in [5.41, 5.74) is 0. The van der Waals surface area contributed by atoms with Crippen molar-refractivity contribution < 1.29 is 80.2 Å². The highest BCUT2D eigenvalue weighted by atomic mass is 31.2. The average molecular weight is 1270 g/mol. The molecule has 0 aliphatic rings. The van der Waals surface area contributed by atoms with Crippen LogP contribution in [0.4, 0.5) is 0 Å². The van der Waals surface area contributed by atoms with E-state index in [0.717, 1.165) is 102 Å². The summed E-state index contributed by atoms with van der Waals surface area (Å²) in [4.78, 5) is 72.0. The van der Waals surface area contributed by atoms with Crippen molar-refractivity contribution >= 4 is 39.5 Å². The summed E-state index contributed by atoms with van der Waals surface area (Å²) in [5, 5.41) is 10.5. The standard InChI is InChI=1S/C67H130O17P2/c1-7-9-11-13-14-15-16-17-18-19-20-21-22-23-24-25-26-33-39-45-51-66(71)84-63(56-78-65(70)50-44-38-32-28-27-30-36-41-47-59(3)4)58-82-86(75,76)80-54-61(68)53-79-85(73,74)81-57-62(55-77-64(69)49-43-35-12-10-8-2)83-67(72)52-46-40-34-29-31-37-42-48-60(5)6/h59-63,68H,7-58H2,1-6H3,(H,73,74)(H,75,76)/t61-,62+,63+/m0/s1. The first-order valence-electron chi connectivity index (χ1n) is 35.0. The molecule has 2 unspecified atom stereocenters. The van der Waals surface area contributed by atoms with Crippen LogP contribution in [0.3, 0.4) is 0 Å². The Kier molecular flexibility index (Phi) is 58.0. The van der Waals surface area contributed by atoms with Crippen molar-refractivity contribution in [3.63, 3.8) is 0 Å². The van der Waals surface area contributed by atoms with Crippen LogP contribution in [0.5, 0.6) is 0 Å². The van der Waals surface area contributed by atoms with Gasteiger partial charge in [0.25, 0.3) is 0 Å². The summed E-state index contributed by atoms with van der Waals surface area (Å²) in [6, 6.07) is 0. The molecule has 0 heterocycles. The highest BCUT2D eigenvalue weighted by Gasteiger charge is 2.30. The number of rotatable bonds is 66. The Labute approximate surface area is 524 Å². The fourth-order valence-electron chi connectivity index (χ4n) is 10.1. The third-order valence-corrected chi connectivity index (χ3v) is 17.4. The number of carbonyl (C=O) groups is 4. The highest BCUT2D eigenvalue weighted by molar-refractivity contribution is 7.47. The Morgan fingerprint density at radius 3 is 0.791 bits per heavy atom. The van der Waals surface area contributed by atoms with E-state index in [0.29, 0.717) is 31.6 Å². The van der Waals surface area contributed by atoms with E-state index in [1.807, 2.05) is 0 Å². The van der Waals surface area contributed by atoms with Gasteiger partial charge in [-0.3, -0.25) is 37.3 Å². The number of carbonyl (C=O) groups excluding carboxylic acids is 4. The fraction of sp³-hybridized carbons (Fsp3) is 0.940. The van der Waals surface area contributed by atoms with Gasteiger partial charge in [0.15, 0.2) is 12.2 Å². The van der Waals surface area contributed by atoms with Crippen LogP contribution in [-0.4, -0.2) is 96.7 Å². The zero-order valence-electron chi connectivity index (χ0n) is 55.6. The molecule has 0 rings (SSSR count). The maximum Gasteiger partial charge on any atom is 0.472 e. The predicted molar refractivity (Wildman–Crippen MR) is 345 cm³/mol. The number of phosphoric ester groups is 2. The molecule has 0 aromatic carbocycles. The van der Waals surface area contributed by atoms with Gasteiger partial charge < -0.3 is 33.8 Å². The summed E-state index contributed by atoms with van der Waals surface area (Å²) < 4.78 is 67.9. The molecule has 19 heteroatoms. The van der Waals surface area contributed by atoms with Gasteiger partial charge in [0.05, 0.1) is 26.4 Å². The fourth-order valence-corrected chi connectivity index (χ4v) is 11.6. The van der Waals surface area contributed by atoms with Crippen molar-refractivity contribution in [1.82, 2.24) is 0 Å². The van der Waals surface area contributed by atoms with Crippen molar-refractivity contribution in [2.75, 3.05) is 39.6 Å². The zero-order valence-corrected chi connectivity index (χ0v) is 57.4. The lowest BCUT2D eigenvalue weighted by molar-refractivity contribution is -0.161. The molecule has 5 atom stereocenters. The summed E-state index contributed by atoms with van der Waals surface area (Å²) in [6.45, 7) is 9.33. The monoisotopic (exact) mass is 1270 g/mol. The second-order valence-corrected chi connectivity index (χ2v) is 28.1. The maximum atomic E-state index is 13.0. The van der Waals surface area contributed by atoms with Crippen LogP contribution >= 0.6 is 15.6 Å². The molecule has 3 N–H and O–H groups in total. The van der Waals surface area contributed by atoms with Gasteiger partial charge in [0.2, 0.25) is 0 Å². The van der Waals surface area contributed by atoms with Gasteiger partial charge in [0, 0.05) is 25.7 Å². The molecule has 510 valence electrons. The first-order chi connectivity index (χ1) is 41.4. The third-order valence-electron chi connectivity index (χ3n) is 15.5. The molecule has 0 saturated carbocycles. The number of hydrogen-bond acceptors (Lipinski definition) is 15. The molecule has 17 nitrogen and oxygen atoms in total. The first-order valence-corrected chi connectivity index (χ1v) is 38.0. The van der Waals surface area contributed by atoms with E-state index in [2.05, 4.69) is 41.5 Å². The van der Waals surface area contributed by atoms with Crippen molar-refractivity contribution in [2.24, 2.45) is 11.8 Å². The smallest absolute Gasteiger partial charge is 0.462 e. The molecule has 0 aromatic rings. The molecule has 0 aromatic heterocycles. The summed E-state index contributed by atoms with van der Waals surface area (Å²) >= 11 is 0. The lowest BCUT2D eigenvalue weighted by atomic mass is 10.0. The zero-order chi connectivity index (χ0) is 63.6. The van der Waals surface area contributed by atoms with Crippen molar-refractivity contribution in [2.45, 2.75) is 355 Å². The van der Waals surface area contributed by atoms with Gasteiger partial charge in [-0.25, -0.2) is 9.13 Å². The predicted octanol–water partition coefficient (Wildman–Crippen LogP) is 18.8. The molecule has 0 saturated heterocycles. The van der Waals surface area contributed by atoms with Gasteiger partial charge in [-0.1, -0.05) is 286 Å². The molecule has 0 amide bonds. The molecule has 86 heavy (non-hydrogen) atoms. The lowest BCUT2D eigenvalue weighted by Crippen LogP contribution is -2.30. The number of unbranched alkanes of at least 4 members (excludes halogenated alkanes) is 36. The van der Waals surface area contributed by atoms with E-state index >= 15 is 0 Å². The number of esters is 4. The van der Waals surface area contributed by atoms with Crippen LogP contribution in [0.25, 0.3) is 0 Å². The molecule has 0 radical (unpaired) electrons. The normalized spacial score (nSPS) is 14.2. The SMILES string of the molecule is CCCCCCCCCCCCCCCCCCCCCCC(=O)O[C@H](COC(=O)CCCCCCCCCCC(C)C)COP(=O)(O)OC[C@@H](O)COP(=O)(O)OC[C@@H](COC(=O)CCCCCCC)OC(=O)CCCCCCCCCC(C)C. The average Bonchev–Trinajstić information content (AvgIpc) is 3.64. The van der Waals surface area contributed by atoms with Crippen LogP contribution in [0.1, 0.15) is 337 Å². The Bertz CT molecular complexity index is 1680. The van der Waals surface area contributed by atoms with Gasteiger partial charge in [-0.15, -0.1) is 0 Å². The number of ether oxygens (including phenoxy) is 4. The Morgan fingerprint density at radius 2 is 0.535 bits per heavy atom. The van der Waals surface area contributed by atoms with Crippen LogP contribution in [0.2, 0.25) is 0 Å². The van der Waals surface area contributed by atoms with E-state index in [-0.39, 0.29) is 25.7 Å². The van der Waals surface area contributed by atoms with Crippen LogP contribution in [0, 0.1) is 11.8 Å². The summed E-state index contributed by atoms with van der Waals surface area (Å²) in [7, 11) is -9.88. The molecular formula is C67H130O17P2. The number of hydrogen-bond donors (Lipinski definition) is 3. The quantitative estimate of drug-likeness (QED) is 0.0222. The number of aliphatic hydroxyl groups is 1. The Morgan fingerprint density at radius 1 is 0.314 bits per heavy atom. The number of aliphatic hydroxyl groups excluding tert-OH is 1. The molecule has 0 bridgehead atoms. The van der Waals surface area contributed by atoms with Crippen molar-refractivity contribution in [3.8, 4) is 0 Å². The van der Waals surface area contributed by atoms with Gasteiger partial charge in [0.1, 0.15) is 19.3 Å². The number of phosphoric acid groups is 2. The molecule has 0 fully saturated rings. The maximum absolute atomic E-state index is 13.0. The van der Waals surface area contributed by atoms with Crippen molar-refractivity contribution in [1.29, 1.82) is 0 Å². The van der Waals surface area contributed by atoms with Gasteiger partial charge >= 0.3 is 39.5 Å². The van der Waals surface area contributed by atoms with Crippen molar-refractivity contribution in [3.05, 3.63) is 0 Å². The largest absolute Gasteiger partial charge is 0.472 e. The van der Waals surface area contributed by atoms with Gasteiger partial charge in [-0.2, -0.15) is 0 Å². The summed E-state index contributed by atoms with van der Waals surface area (Å²) in [6.07, 6.45) is 43.8. The lowest BCUT2D eigenvalue weighted by Gasteiger charge is -2.21. The van der Waals surface area contributed by atoms with Crippen LogP contribution in [0.15, 0.2) is 0 Å². The second-order valence-electron chi connectivity index (χ2n) is 25.2. The van der Waals surface area contributed by atoms with E-state index in [4.69, 9.17) is 37.0 Å². The Balaban J connectivity index is 5.11. The molecular weight excluding hydrogens is 1140 g/mol. The van der Waals surface area contributed by atoms with Crippen LogP contribution in [-0.2, 0) is 65.4 Å². The van der Waals surface area contributed by atoms with E-state index in [9.17, 15) is 43.2 Å². The third kappa shape index (κ3) is 60.9. The van der Waals surface area contributed by atoms with E-state index in [1.54, 1.807) is 0 Å². The molecule has 0 aliphatic heterocycles. The Hall–Kier alpha value is -1.94. The minimum Gasteiger partial charge on any atom is -0.462 e. The second kappa shape index (κ2) is 59.4. The van der Waals surface area contributed by atoms with E-state index in [1.165, 1.54) is 148 Å². The highest BCUT2D eigenvalue weighted by Crippen LogP contribution is 2.45. The minimum atomic E-state index is -4.95.